The molecule has 5 nitrogen and oxygen atoms in total. The van der Waals surface area contributed by atoms with Crippen molar-refractivity contribution in [3.05, 3.63) is 94.6 Å². The lowest BCUT2D eigenvalue weighted by atomic mass is 10.1. The summed E-state index contributed by atoms with van der Waals surface area (Å²) in [5.74, 6) is 0.316. The molecule has 0 spiro atoms. The van der Waals surface area contributed by atoms with Gasteiger partial charge in [-0.05, 0) is 43.3 Å². The molecule has 0 radical (unpaired) electrons. The van der Waals surface area contributed by atoms with Crippen molar-refractivity contribution in [1.29, 1.82) is 0 Å². The van der Waals surface area contributed by atoms with Gasteiger partial charge in [0.25, 0.3) is 10.0 Å². The first-order valence-corrected chi connectivity index (χ1v) is 10.1. The molecule has 1 N–H and O–H groups in total. The summed E-state index contributed by atoms with van der Waals surface area (Å²) in [6.45, 7) is 1.93. The van der Waals surface area contributed by atoms with Crippen LogP contribution in [0.25, 0.3) is 22.3 Å². The third-order valence-corrected chi connectivity index (χ3v) is 5.75. The highest BCUT2D eigenvalue weighted by Crippen LogP contribution is 2.25. The molecule has 0 amide bonds. The summed E-state index contributed by atoms with van der Waals surface area (Å²) < 4.78 is 33.9. The second-order valence-corrected chi connectivity index (χ2v) is 8.15. The van der Waals surface area contributed by atoms with Crippen LogP contribution in [0.3, 0.4) is 0 Å². The summed E-state index contributed by atoms with van der Waals surface area (Å²) >= 11 is 0. The monoisotopic (exact) mass is 391 g/mol. The molecule has 4 rings (SSSR count). The fourth-order valence-electron chi connectivity index (χ4n) is 2.90. The number of para-hydroxylation sites is 1. The molecule has 0 atom stereocenters. The second-order valence-electron chi connectivity index (χ2n) is 6.47. The van der Waals surface area contributed by atoms with E-state index < -0.39 is 10.0 Å². The lowest BCUT2D eigenvalue weighted by Gasteiger charge is -2.10. The van der Waals surface area contributed by atoms with Crippen LogP contribution in [-0.2, 0) is 10.0 Å². The summed E-state index contributed by atoms with van der Waals surface area (Å²) in [7, 11) is -3.78. The SMILES string of the molecule is Cc1ccc(NS(=O)(=O)c2cccc(-c3cc(=O)c4ccccc4o3)c2)cc1. The van der Waals surface area contributed by atoms with Gasteiger partial charge in [-0.3, -0.25) is 9.52 Å². The molecule has 0 aliphatic carbocycles. The van der Waals surface area contributed by atoms with Gasteiger partial charge < -0.3 is 4.42 Å². The zero-order valence-corrected chi connectivity index (χ0v) is 15.9. The lowest BCUT2D eigenvalue weighted by Crippen LogP contribution is -2.13. The number of aryl methyl sites for hydroxylation is 1. The van der Waals surface area contributed by atoms with Crippen molar-refractivity contribution in [3.63, 3.8) is 0 Å². The van der Waals surface area contributed by atoms with Gasteiger partial charge in [-0.25, -0.2) is 8.42 Å². The van der Waals surface area contributed by atoms with Crippen LogP contribution in [0.5, 0.6) is 0 Å². The molecule has 0 aliphatic rings. The molecular formula is C22H17NO4S. The van der Waals surface area contributed by atoms with E-state index >= 15 is 0 Å². The minimum atomic E-state index is -3.78. The number of anilines is 1. The number of hydrogen-bond acceptors (Lipinski definition) is 4. The molecule has 140 valence electrons. The second kappa shape index (κ2) is 6.98. The topological polar surface area (TPSA) is 76.4 Å². The lowest BCUT2D eigenvalue weighted by molar-refractivity contribution is 0.601. The van der Waals surface area contributed by atoms with E-state index in [2.05, 4.69) is 4.72 Å². The van der Waals surface area contributed by atoms with E-state index in [4.69, 9.17) is 4.42 Å². The molecule has 0 unspecified atom stereocenters. The number of rotatable bonds is 4. The summed E-state index contributed by atoms with van der Waals surface area (Å²) in [5, 5.41) is 0.482. The fourth-order valence-corrected chi connectivity index (χ4v) is 4.00. The van der Waals surface area contributed by atoms with Gasteiger partial charge in [-0.2, -0.15) is 0 Å². The Kier molecular flexibility index (Phi) is 4.49. The average molecular weight is 391 g/mol. The van der Waals surface area contributed by atoms with Gasteiger partial charge in [0.1, 0.15) is 11.3 Å². The fraction of sp³-hybridized carbons (Fsp3) is 0.0455. The van der Waals surface area contributed by atoms with Crippen molar-refractivity contribution in [2.45, 2.75) is 11.8 Å². The Morgan fingerprint density at radius 3 is 2.39 bits per heavy atom. The van der Waals surface area contributed by atoms with Crippen molar-refractivity contribution in [1.82, 2.24) is 0 Å². The summed E-state index contributed by atoms with van der Waals surface area (Å²) in [6.07, 6.45) is 0. The third kappa shape index (κ3) is 3.54. The molecule has 0 saturated heterocycles. The Balaban J connectivity index is 1.73. The quantitative estimate of drug-likeness (QED) is 0.553. The van der Waals surface area contributed by atoms with E-state index in [1.807, 2.05) is 19.1 Å². The Bertz CT molecular complexity index is 1320. The van der Waals surface area contributed by atoms with Crippen LogP contribution in [0, 0.1) is 6.92 Å². The number of hydrogen-bond donors (Lipinski definition) is 1. The normalized spacial score (nSPS) is 11.5. The first-order chi connectivity index (χ1) is 13.4. The van der Waals surface area contributed by atoms with Gasteiger partial charge >= 0.3 is 0 Å². The highest BCUT2D eigenvalue weighted by atomic mass is 32.2. The molecule has 4 aromatic rings. The molecule has 0 saturated carbocycles. The van der Waals surface area contributed by atoms with Crippen LogP contribution in [0.15, 0.2) is 93.0 Å². The van der Waals surface area contributed by atoms with E-state index in [-0.39, 0.29) is 10.3 Å². The van der Waals surface area contributed by atoms with Crippen LogP contribution in [0.4, 0.5) is 5.69 Å². The third-order valence-electron chi connectivity index (χ3n) is 4.37. The van der Waals surface area contributed by atoms with E-state index in [9.17, 15) is 13.2 Å². The highest BCUT2D eigenvalue weighted by molar-refractivity contribution is 7.92. The van der Waals surface area contributed by atoms with Gasteiger partial charge in [0.05, 0.1) is 10.3 Å². The van der Waals surface area contributed by atoms with Gasteiger partial charge in [-0.15, -0.1) is 0 Å². The van der Waals surface area contributed by atoms with Gasteiger partial charge in [0, 0.05) is 17.3 Å². The molecule has 1 heterocycles. The van der Waals surface area contributed by atoms with E-state index in [0.717, 1.165) is 5.56 Å². The van der Waals surface area contributed by atoms with E-state index in [1.165, 1.54) is 18.2 Å². The highest BCUT2D eigenvalue weighted by Gasteiger charge is 2.16. The predicted molar refractivity (Wildman–Crippen MR) is 110 cm³/mol. The van der Waals surface area contributed by atoms with Crippen LogP contribution in [0.1, 0.15) is 5.56 Å². The molecule has 3 aromatic carbocycles. The average Bonchev–Trinajstić information content (AvgIpc) is 2.70. The van der Waals surface area contributed by atoms with Gasteiger partial charge in [0.2, 0.25) is 0 Å². The van der Waals surface area contributed by atoms with Crippen molar-refractivity contribution < 1.29 is 12.8 Å². The molecule has 0 aliphatic heterocycles. The molecule has 0 bridgehead atoms. The first kappa shape index (κ1) is 18.0. The van der Waals surface area contributed by atoms with Crippen LogP contribution < -0.4 is 10.2 Å². The molecule has 1 aromatic heterocycles. The van der Waals surface area contributed by atoms with Crippen molar-refractivity contribution in [3.8, 4) is 11.3 Å². The number of sulfonamides is 1. The Hall–Kier alpha value is -3.38. The van der Waals surface area contributed by atoms with Crippen LogP contribution in [0.2, 0.25) is 0 Å². The maximum absolute atomic E-state index is 12.7. The molecule has 0 fully saturated rings. The van der Waals surface area contributed by atoms with Gasteiger partial charge in [-0.1, -0.05) is 42.0 Å². The predicted octanol–water partition coefficient (Wildman–Crippen LogP) is 4.57. The van der Waals surface area contributed by atoms with E-state index in [1.54, 1.807) is 48.5 Å². The first-order valence-electron chi connectivity index (χ1n) is 8.65. The summed E-state index contributed by atoms with van der Waals surface area (Å²) in [4.78, 5) is 12.4. The minimum Gasteiger partial charge on any atom is -0.456 e. The zero-order valence-electron chi connectivity index (χ0n) is 15.0. The minimum absolute atomic E-state index is 0.0846. The standard InChI is InChI=1S/C22H17NO4S/c1-15-9-11-17(12-10-15)23-28(25,26)18-6-4-5-16(13-18)22-14-20(24)19-7-2-3-8-21(19)27-22/h2-14,23H,1H3. The molecule has 28 heavy (non-hydrogen) atoms. The maximum Gasteiger partial charge on any atom is 0.261 e. The smallest absolute Gasteiger partial charge is 0.261 e. The number of benzene rings is 3. The zero-order chi connectivity index (χ0) is 19.7. The molecule has 6 heteroatoms. The maximum atomic E-state index is 12.7. The Labute approximate surface area is 162 Å². The summed E-state index contributed by atoms with van der Waals surface area (Å²) in [6, 6.07) is 21.7. The summed E-state index contributed by atoms with van der Waals surface area (Å²) in [5.41, 5.74) is 2.30. The van der Waals surface area contributed by atoms with Crippen molar-refractivity contribution in [2.75, 3.05) is 4.72 Å². The largest absolute Gasteiger partial charge is 0.456 e. The van der Waals surface area contributed by atoms with Crippen LogP contribution >= 0.6 is 0 Å². The Morgan fingerprint density at radius 1 is 0.857 bits per heavy atom. The number of nitrogens with one attached hydrogen (secondary N) is 1. The van der Waals surface area contributed by atoms with Crippen molar-refractivity contribution in [2.24, 2.45) is 0 Å². The van der Waals surface area contributed by atoms with Crippen molar-refractivity contribution >= 4 is 26.7 Å². The number of fused-ring (bicyclic) bond motifs is 1. The molecular weight excluding hydrogens is 374 g/mol. The van der Waals surface area contributed by atoms with Gasteiger partial charge in [0.15, 0.2) is 5.43 Å². The van der Waals surface area contributed by atoms with Crippen LogP contribution in [-0.4, -0.2) is 8.42 Å². The Morgan fingerprint density at radius 2 is 1.61 bits per heavy atom. The van der Waals surface area contributed by atoms with E-state index in [0.29, 0.717) is 28.0 Å².